The highest BCUT2D eigenvalue weighted by Gasteiger charge is 2.33. The highest BCUT2D eigenvalue weighted by Crippen LogP contribution is 2.29. The summed E-state index contributed by atoms with van der Waals surface area (Å²) in [6, 6.07) is -0.349. The first-order chi connectivity index (χ1) is 9.36. The third-order valence-corrected chi connectivity index (χ3v) is 4.59. The second-order valence-electron chi connectivity index (χ2n) is 7.06. The van der Waals surface area contributed by atoms with Crippen LogP contribution < -0.4 is 5.32 Å². The van der Waals surface area contributed by atoms with E-state index in [1.807, 2.05) is 0 Å². The molecule has 0 unspecified atom stereocenters. The van der Waals surface area contributed by atoms with Crippen LogP contribution in [0.2, 0.25) is 0 Å². The van der Waals surface area contributed by atoms with Gasteiger partial charge in [-0.1, -0.05) is 46.5 Å². The molecule has 0 saturated heterocycles. The summed E-state index contributed by atoms with van der Waals surface area (Å²) >= 11 is 0. The number of hydrogen-bond acceptors (Lipinski definition) is 2. The van der Waals surface area contributed by atoms with Gasteiger partial charge in [0.1, 0.15) is 0 Å². The second kappa shape index (κ2) is 7.80. The van der Waals surface area contributed by atoms with Gasteiger partial charge in [0.15, 0.2) is 5.78 Å². The number of ketones is 1. The summed E-state index contributed by atoms with van der Waals surface area (Å²) < 4.78 is 0. The van der Waals surface area contributed by atoms with Gasteiger partial charge in [0.2, 0.25) is 5.91 Å². The molecule has 3 nitrogen and oxygen atoms in total. The predicted molar refractivity (Wildman–Crippen MR) is 82.5 cm³/mol. The van der Waals surface area contributed by atoms with E-state index >= 15 is 0 Å². The van der Waals surface area contributed by atoms with Gasteiger partial charge in [0, 0.05) is 6.42 Å². The van der Waals surface area contributed by atoms with E-state index in [9.17, 15) is 9.59 Å². The number of Topliss-reactive ketones (excluding diaryl/α,β-unsaturated/α-hetero) is 1. The highest BCUT2D eigenvalue weighted by atomic mass is 16.2. The van der Waals surface area contributed by atoms with Crippen molar-refractivity contribution >= 4 is 11.7 Å². The van der Waals surface area contributed by atoms with E-state index in [0.29, 0.717) is 12.3 Å². The van der Waals surface area contributed by atoms with Gasteiger partial charge >= 0.3 is 0 Å². The normalized spacial score (nSPS) is 18.6. The van der Waals surface area contributed by atoms with Gasteiger partial charge in [-0.05, 0) is 37.5 Å². The third-order valence-electron chi connectivity index (χ3n) is 4.59. The largest absolute Gasteiger partial charge is 0.346 e. The molecular formula is C17H31NO2. The number of rotatable bonds is 7. The minimum absolute atomic E-state index is 0.0567. The Morgan fingerprint density at radius 1 is 1.20 bits per heavy atom. The molecule has 0 heterocycles. The molecule has 3 heteroatoms. The molecule has 1 amide bonds. The van der Waals surface area contributed by atoms with Crippen LogP contribution in [0, 0.1) is 11.3 Å². The molecule has 1 aliphatic rings. The zero-order valence-electron chi connectivity index (χ0n) is 13.6. The molecule has 0 aliphatic heterocycles. The molecular weight excluding hydrogens is 250 g/mol. The zero-order valence-corrected chi connectivity index (χ0v) is 13.6. The van der Waals surface area contributed by atoms with Crippen molar-refractivity contribution < 1.29 is 9.59 Å². The fourth-order valence-corrected chi connectivity index (χ4v) is 3.51. The highest BCUT2D eigenvalue weighted by molar-refractivity contribution is 5.88. The topological polar surface area (TPSA) is 46.2 Å². The van der Waals surface area contributed by atoms with Crippen LogP contribution >= 0.6 is 0 Å². The smallest absolute Gasteiger partial charge is 0.220 e. The molecule has 0 aromatic heterocycles. The maximum atomic E-state index is 12.2. The summed E-state index contributed by atoms with van der Waals surface area (Å²) in [6.45, 7) is 7.85. The summed E-state index contributed by atoms with van der Waals surface area (Å²) in [7, 11) is 0. The van der Waals surface area contributed by atoms with Crippen molar-refractivity contribution in [3.8, 4) is 0 Å². The zero-order chi connectivity index (χ0) is 15.2. The lowest BCUT2D eigenvalue weighted by molar-refractivity contribution is -0.130. The summed E-state index contributed by atoms with van der Waals surface area (Å²) in [5.74, 6) is 0.646. The molecule has 0 radical (unpaired) electrons. The van der Waals surface area contributed by atoms with Gasteiger partial charge in [0.05, 0.1) is 6.04 Å². The molecule has 0 aromatic carbocycles. The van der Waals surface area contributed by atoms with Crippen LogP contribution in [0.1, 0.15) is 79.1 Å². The third kappa shape index (κ3) is 5.26. The lowest BCUT2D eigenvalue weighted by Crippen LogP contribution is -2.49. The Hall–Kier alpha value is -0.860. The van der Waals surface area contributed by atoms with E-state index in [2.05, 4.69) is 26.1 Å². The molecule has 1 saturated carbocycles. The average Bonchev–Trinajstić information content (AvgIpc) is 2.36. The van der Waals surface area contributed by atoms with Crippen LogP contribution in [0.5, 0.6) is 0 Å². The first kappa shape index (κ1) is 17.2. The second-order valence-corrected chi connectivity index (χ2v) is 7.06. The van der Waals surface area contributed by atoms with E-state index < -0.39 is 0 Å². The van der Waals surface area contributed by atoms with Crippen LogP contribution in [-0.4, -0.2) is 17.7 Å². The van der Waals surface area contributed by atoms with Crippen molar-refractivity contribution in [2.24, 2.45) is 11.3 Å². The molecule has 0 spiro atoms. The number of hydrogen-bond donors (Lipinski definition) is 1. The predicted octanol–water partition coefficient (Wildman–Crippen LogP) is 3.86. The van der Waals surface area contributed by atoms with E-state index in [1.54, 1.807) is 6.92 Å². The lowest BCUT2D eigenvalue weighted by Gasteiger charge is -2.33. The molecule has 116 valence electrons. The van der Waals surface area contributed by atoms with Crippen molar-refractivity contribution in [3.05, 3.63) is 0 Å². The fourth-order valence-electron chi connectivity index (χ4n) is 3.51. The van der Waals surface area contributed by atoms with Crippen LogP contribution in [0.25, 0.3) is 0 Å². The van der Waals surface area contributed by atoms with Gasteiger partial charge in [-0.3, -0.25) is 9.59 Å². The summed E-state index contributed by atoms with van der Waals surface area (Å²) in [4.78, 5) is 24.1. The summed E-state index contributed by atoms with van der Waals surface area (Å²) in [6.07, 6.45) is 8.68. The summed E-state index contributed by atoms with van der Waals surface area (Å²) in [5, 5.41) is 3.00. The Morgan fingerprint density at radius 3 is 2.30 bits per heavy atom. The molecule has 0 aromatic rings. The van der Waals surface area contributed by atoms with Crippen LogP contribution in [0.15, 0.2) is 0 Å². The van der Waals surface area contributed by atoms with Crippen LogP contribution in [0.3, 0.4) is 0 Å². The van der Waals surface area contributed by atoms with E-state index in [0.717, 1.165) is 25.7 Å². The average molecular weight is 281 g/mol. The fraction of sp³-hybridized carbons (Fsp3) is 0.882. The molecule has 20 heavy (non-hydrogen) atoms. The quantitative estimate of drug-likeness (QED) is 0.770. The van der Waals surface area contributed by atoms with E-state index in [1.165, 1.54) is 19.3 Å². The monoisotopic (exact) mass is 281 g/mol. The van der Waals surface area contributed by atoms with Gasteiger partial charge in [-0.2, -0.15) is 0 Å². The number of amides is 1. The minimum atomic E-state index is -0.349. The molecule has 0 bridgehead atoms. The lowest BCUT2D eigenvalue weighted by atomic mass is 9.78. The number of carbonyl (C=O) groups is 2. The number of carbonyl (C=O) groups excluding carboxylic acids is 2. The van der Waals surface area contributed by atoms with Crippen LogP contribution in [-0.2, 0) is 9.59 Å². The Kier molecular flexibility index (Phi) is 6.70. The van der Waals surface area contributed by atoms with E-state index in [4.69, 9.17) is 0 Å². The SMILES string of the molecule is CCCC(C)(C)[C@H](NC(=O)CC1CCCCC1)C(C)=O. The minimum Gasteiger partial charge on any atom is -0.346 e. The van der Waals surface area contributed by atoms with Gasteiger partial charge < -0.3 is 5.32 Å². The van der Waals surface area contributed by atoms with Gasteiger partial charge in [-0.15, -0.1) is 0 Å². The van der Waals surface area contributed by atoms with Crippen molar-refractivity contribution in [1.82, 2.24) is 5.32 Å². The first-order valence-electron chi connectivity index (χ1n) is 8.16. The molecule has 1 N–H and O–H groups in total. The van der Waals surface area contributed by atoms with Crippen LogP contribution in [0.4, 0.5) is 0 Å². The van der Waals surface area contributed by atoms with Crippen molar-refractivity contribution in [3.63, 3.8) is 0 Å². The van der Waals surface area contributed by atoms with Crippen molar-refractivity contribution in [1.29, 1.82) is 0 Å². The molecule has 1 aliphatic carbocycles. The molecule has 1 rings (SSSR count). The van der Waals surface area contributed by atoms with E-state index in [-0.39, 0.29) is 23.1 Å². The summed E-state index contributed by atoms with van der Waals surface area (Å²) in [5.41, 5.74) is -0.164. The van der Waals surface area contributed by atoms with Crippen molar-refractivity contribution in [2.75, 3.05) is 0 Å². The van der Waals surface area contributed by atoms with Gasteiger partial charge in [0.25, 0.3) is 0 Å². The Morgan fingerprint density at radius 2 is 1.80 bits per heavy atom. The Balaban J connectivity index is 2.56. The number of nitrogens with one attached hydrogen (secondary N) is 1. The molecule has 1 fully saturated rings. The molecule has 1 atom stereocenters. The standard InChI is InChI=1S/C17H31NO2/c1-5-11-17(3,4)16(13(2)19)18-15(20)12-14-9-7-6-8-10-14/h14,16H,5-12H2,1-4H3,(H,18,20)/t16-/m1/s1. The Bertz CT molecular complexity index is 330. The van der Waals surface area contributed by atoms with Crippen molar-refractivity contribution in [2.45, 2.75) is 85.1 Å². The first-order valence-corrected chi connectivity index (χ1v) is 8.16. The Labute approximate surface area is 123 Å². The maximum Gasteiger partial charge on any atom is 0.220 e. The maximum absolute atomic E-state index is 12.2. The van der Waals surface area contributed by atoms with Gasteiger partial charge in [-0.25, -0.2) is 0 Å².